The average Bonchev–Trinajstić information content (AvgIpc) is 2.21. The van der Waals surface area contributed by atoms with Gasteiger partial charge in [-0.3, -0.25) is 5.10 Å². The van der Waals surface area contributed by atoms with Crippen LogP contribution in [0.2, 0.25) is 0 Å². The predicted molar refractivity (Wildman–Crippen MR) is 39.0 cm³/mol. The van der Waals surface area contributed by atoms with Crippen LogP contribution in [0, 0.1) is 13.8 Å². The molecule has 2 aromatic rings. The second kappa shape index (κ2) is 1.62. The highest BCUT2D eigenvalue weighted by molar-refractivity contribution is 5.40. The average molecular weight is 135 g/mol. The van der Waals surface area contributed by atoms with Gasteiger partial charge in [0.25, 0.3) is 0 Å². The summed E-state index contributed by atoms with van der Waals surface area (Å²) in [5.74, 6) is 0. The minimum atomic E-state index is 0.995. The Kier molecular flexibility index (Phi) is 0.897. The molecule has 0 fully saturated rings. The number of imidazole rings is 1. The molecule has 3 heteroatoms. The molecule has 0 spiro atoms. The summed E-state index contributed by atoms with van der Waals surface area (Å²) in [6.07, 6.45) is 1.97. The normalized spacial score (nSPS) is 11.0. The second-order valence-electron chi connectivity index (χ2n) is 2.55. The van der Waals surface area contributed by atoms with Gasteiger partial charge in [0.2, 0.25) is 0 Å². The van der Waals surface area contributed by atoms with Crippen molar-refractivity contribution in [2.24, 2.45) is 0 Å². The van der Waals surface area contributed by atoms with Gasteiger partial charge in [0, 0.05) is 18.0 Å². The van der Waals surface area contributed by atoms with Crippen LogP contribution in [0.4, 0.5) is 0 Å². The molecule has 1 N–H and O–H groups in total. The van der Waals surface area contributed by atoms with E-state index in [1.807, 2.05) is 30.6 Å². The summed E-state index contributed by atoms with van der Waals surface area (Å²) in [6, 6.07) is 2.02. The van der Waals surface area contributed by atoms with E-state index < -0.39 is 0 Å². The topological polar surface area (TPSA) is 33.1 Å². The number of aromatic nitrogens is 3. The lowest BCUT2D eigenvalue weighted by molar-refractivity contribution is 0.942. The van der Waals surface area contributed by atoms with Crippen molar-refractivity contribution in [3.63, 3.8) is 0 Å². The first kappa shape index (κ1) is 5.53. The number of aromatic amines is 1. The van der Waals surface area contributed by atoms with Gasteiger partial charge in [0.15, 0.2) is 5.65 Å². The molecule has 0 aliphatic rings. The third-order valence-corrected chi connectivity index (χ3v) is 1.50. The van der Waals surface area contributed by atoms with Gasteiger partial charge in [-0.25, -0.2) is 9.50 Å². The first-order chi connectivity index (χ1) is 4.75. The fourth-order valence-corrected chi connectivity index (χ4v) is 1.12. The molecule has 0 atom stereocenters. The van der Waals surface area contributed by atoms with Gasteiger partial charge in [0.1, 0.15) is 0 Å². The molecule has 2 heterocycles. The summed E-state index contributed by atoms with van der Waals surface area (Å²) >= 11 is 0. The monoisotopic (exact) mass is 135 g/mol. The third kappa shape index (κ3) is 0.635. The first-order valence-corrected chi connectivity index (χ1v) is 3.27. The summed E-state index contributed by atoms with van der Waals surface area (Å²) in [5, 5.41) is 3.13. The van der Waals surface area contributed by atoms with E-state index in [1.165, 1.54) is 0 Å². The van der Waals surface area contributed by atoms with Crippen LogP contribution < -0.4 is 0 Å². The number of nitrogens with zero attached hydrogens (tertiary/aromatic N) is 2. The standard InChI is InChI=1S/C7H9N3/c1-5-3-7-8-6(2)4-10(7)9-5/h3-4,9H,1-2H3. The lowest BCUT2D eigenvalue weighted by Crippen LogP contribution is -1.79. The van der Waals surface area contributed by atoms with E-state index in [2.05, 4.69) is 10.1 Å². The Morgan fingerprint density at radius 1 is 1.50 bits per heavy atom. The lowest BCUT2D eigenvalue weighted by atomic mass is 10.5. The molecule has 52 valence electrons. The summed E-state index contributed by atoms with van der Waals surface area (Å²) in [7, 11) is 0. The molecule has 0 unspecified atom stereocenters. The van der Waals surface area contributed by atoms with Crippen molar-refractivity contribution in [3.8, 4) is 0 Å². The van der Waals surface area contributed by atoms with E-state index in [-0.39, 0.29) is 0 Å². The number of fused-ring (bicyclic) bond motifs is 1. The lowest BCUT2D eigenvalue weighted by Gasteiger charge is -1.79. The molecule has 0 bridgehead atoms. The van der Waals surface area contributed by atoms with Crippen molar-refractivity contribution in [3.05, 3.63) is 23.7 Å². The van der Waals surface area contributed by atoms with E-state index in [1.54, 1.807) is 0 Å². The fourth-order valence-electron chi connectivity index (χ4n) is 1.12. The highest BCUT2D eigenvalue weighted by Crippen LogP contribution is 2.04. The molecular weight excluding hydrogens is 126 g/mol. The second-order valence-corrected chi connectivity index (χ2v) is 2.55. The van der Waals surface area contributed by atoms with Crippen LogP contribution in [0.15, 0.2) is 12.3 Å². The van der Waals surface area contributed by atoms with Crippen LogP contribution in [0.1, 0.15) is 11.4 Å². The van der Waals surface area contributed by atoms with Crippen molar-refractivity contribution in [2.75, 3.05) is 0 Å². The summed E-state index contributed by atoms with van der Waals surface area (Å²) in [6.45, 7) is 4.00. The summed E-state index contributed by atoms with van der Waals surface area (Å²) in [5.41, 5.74) is 3.18. The van der Waals surface area contributed by atoms with E-state index >= 15 is 0 Å². The molecule has 0 aliphatic heterocycles. The number of aryl methyl sites for hydroxylation is 2. The van der Waals surface area contributed by atoms with Gasteiger partial charge in [-0.2, -0.15) is 0 Å². The number of hydrogen-bond donors (Lipinski definition) is 1. The Morgan fingerprint density at radius 3 is 3.00 bits per heavy atom. The van der Waals surface area contributed by atoms with Gasteiger partial charge < -0.3 is 0 Å². The van der Waals surface area contributed by atoms with Crippen molar-refractivity contribution < 1.29 is 0 Å². The molecule has 2 rings (SSSR count). The number of hydrogen-bond acceptors (Lipinski definition) is 1. The quantitative estimate of drug-likeness (QED) is 0.580. The minimum absolute atomic E-state index is 0.995. The SMILES string of the molecule is Cc1cn2[nH]c(C)cc2n1. The van der Waals surface area contributed by atoms with Crippen LogP contribution in [0.5, 0.6) is 0 Å². The molecule has 0 amide bonds. The predicted octanol–water partition coefficient (Wildman–Crippen LogP) is 1.28. The van der Waals surface area contributed by atoms with E-state index in [4.69, 9.17) is 0 Å². The van der Waals surface area contributed by atoms with Crippen LogP contribution in [0.3, 0.4) is 0 Å². The van der Waals surface area contributed by atoms with Crippen LogP contribution in [-0.4, -0.2) is 14.6 Å². The van der Waals surface area contributed by atoms with Gasteiger partial charge in [-0.05, 0) is 13.8 Å². The molecule has 3 nitrogen and oxygen atoms in total. The maximum atomic E-state index is 4.27. The molecule has 0 aliphatic carbocycles. The van der Waals surface area contributed by atoms with Gasteiger partial charge in [-0.15, -0.1) is 0 Å². The van der Waals surface area contributed by atoms with Gasteiger partial charge >= 0.3 is 0 Å². The smallest absolute Gasteiger partial charge is 0.153 e. The molecule has 0 aromatic carbocycles. The largest absolute Gasteiger partial charge is 0.297 e. The van der Waals surface area contributed by atoms with Crippen LogP contribution >= 0.6 is 0 Å². The Labute approximate surface area is 58.7 Å². The number of H-pyrrole nitrogens is 1. The van der Waals surface area contributed by atoms with Crippen LogP contribution in [0.25, 0.3) is 5.65 Å². The zero-order chi connectivity index (χ0) is 7.14. The van der Waals surface area contributed by atoms with Crippen molar-refractivity contribution in [2.45, 2.75) is 13.8 Å². The van der Waals surface area contributed by atoms with Crippen molar-refractivity contribution in [1.29, 1.82) is 0 Å². The number of nitrogens with one attached hydrogen (secondary N) is 1. The molecule has 10 heavy (non-hydrogen) atoms. The maximum Gasteiger partial charge on any atom is 0.153 e. The van der Waals surface area contributed by atoms with E-state index in [0.717, 1.165) is 17.0 Å². The zero-order valence-electron chi connectivity index (χ0n) is 6.05. The Hall–Kier alpha value is -1.25. The highest BCUT2D eigenvalue weighted by Gasteiger charge is 1.97. The molecule has 2 aromatic heterocycles. The third-order valence-electron chi connectivity index (χ3n) is 1.50. The highest BCUT2D eigenvalue weighted by atomic mass is 15.3. The molecular formula is C7H9N3. The first-order valence-electron chi connectivity index (χ1n) is 3.27. The van der Waals surface area contributed by atoms with Crippen molar-refractivity contribution in [1.82, 2.24) is 14.6 Å². The van der Waals surface area contributed by atoms with Crippen molar-refractivity contribution >= 4 is 5.65 Å². The van der Waals surface area contributed by atoms with Gasteiger partial charge in [0.05, 0.1) is 5.69 Å². The molecule has 0 saturated carbocycles. The minimum Gasteiger partial charge on any atom is -0.297 e. The maximum absolute atomic E-state index is 4.27. The van der Waals surface area contributed by atoms with E-state index in [9.17, 15) is 0 Å². The Bertz CT molecular complexity index is 293. The zero-order valence-corrected chi connectivity index (χ0v) is 6.05. The summed E-state index contributed by atoms with van der Waals surface area (Å²) < 4.78 is 1.92. The molecule has 0 saturated heterocycles. The molecule has 0 radical (unpaired) electrons. The number of rotatable bonds is 0. The van der Waals surface area contributed by atoms with Crippen LogP contribution in [-0.2, 0) is 0 Å². The Morgan fingerprint density at radius 2 is 2.30 bits per heavy atom. The fraction of sp³-hybridized carbons (Fsp3) is 0.286. The summed E-state index contributed by atoms with van der Waals surface area (Å²) in [4.78, 5) is 4.27. The van der Waals surface area contributed by atoms with E-state index in [0.29, 0.717) is 0 Å². The Balaban J connectivity index is 2.83. The van der Waals surface area contributed by atoms with Gasteiger partial charge in [-0.1, -0.05) is 0 Å².